The summed E-state index contributed by atoms with van der Waals surface area (Å²) in [6, 6.07) is 14.5. The first-order valence-electron chi connectivity index (χ1n) is 12.0. The van der Waals surface area contributed by atoms with Gasteiger partial charge in [0.05, 0.1) is 21.8 Å². The highest BCUT2D eigenvalue weighted by Gasteiger charge is 2.25. The van der Waals surface area contributed by atoms with Gasteiger partial charge in [-0.05, 0) is 37.5 Å². The first-order chi connectivity index (χ1) is 16.9. The predicted molar refractivity (Wildman–Crippen MR) is 138 cm³/mol. The monoisotopic (exact) mass is 493 g/mol. The van der Waals surface area contributed by atoms with Crippen LogP contribution in [0, 0.1) is 0 Å². The lowest BCUT2D eigenvalue weighted by Crippen LogP contribution is -2.32. The van der Waals surface area contributed by atoms with E-state index in [2.05, 4.69) is 20.2 Å². The van der Waals surface area contributed by atoms with Crippen molar-refractivity contribution in [2.24, 2.45) is 0 Å². The molecular weight excluding hydrogens is 462 g/mol. The van der Waals surface area contributed by atoms with Crippen LogP contribution in [0.25, 0.3) is 11.4 Å². The molecule has 0 atom stereocenters. The molecule has 4 rings (SSSR count). The van der Waals surface area contributed by atoms with E-state index in [0.717, 1.165) is 43.6 Å². The largest absolute Gasteiger partial charge is 0.370 e. The highest BCUT2D eigenvalue weighted by atomic mass is 32.2. The van der Waals surface area contributed by atoms with Gasteiger partial charge in [-0.2, -0.15) is 4.31 Å². The van der Waals surface area contributed by atoms with E-state index in [9.17, 15) is 13.2 Å². The maximum absolute atomic E-state index is 13.1. The van der Waals surface area contributed by atoms with E-state index in [0.29, 0.717) is 30.2 Å². The highest BCUT2D eigenvalue weighted by Crippen LogP contribution is 2.32. The molecule has 1 amide bonds. The van der Waals surface area contributed by atoms with Crippen molar-refractivity contribution < 1.29 is 13.2 Å². The van der Waals surface area contributed by atoms with Crippen molar-refractivity contribution in [3.8, 4) is 11.4 Å². The number of hydrogen-bond donors (Lipinski definition) is 1. The summed E-state index contributed by atoms with van der Waals surface area (Å²) in [4.78, 5) is 24.2. The zero-order chi connectivity index (χ0) is 24.8. The molecule has 1 fully saturated rings. The standard InChI is InChI=1S/C26H31N5O3S/c1-3-31(4-2)35(33,34)22-13-14-24(30-15-9-6-10-16-30)23(17-22)29-26(32)21-18-27-25(28-19-21)20-11-7-5-8-12-20/h5,7-8,11-14,17-19H,3-4,6,9-10,15-16H2,1-2H3,(H,29,32). The van der Waals surface area contributed by atoms with E-state index in [1.54, 1.807) is 18.2 Å². The molecule has 0 saturated carbocycles. The number of aromatic nitrogens is 2. The molecule has 0 unspecified atom stereocenters. The molecular formula is C26H31N5O3S. The number of piperidine rings is 1. The van der Waals surface area contributed by atoms with Crippen LogP contribution in [-0.2, 0) is 10.0 Å². The van der Waals surface area contributed by atoms with Crippen molar-refractivity contribution in [3.05, 3.63) is 66.5 Å². The third-order valence-corrected chi connectivity index (χ3v) is 8.25. The normalized spacial score (nSPS) is 14.2. The Morgan fingerprint density at radius 3 is 2.26 bits per heavy atom. The number of carbonyl (C=O) groups excluding carboxylic acids is 1. The number of hydrogen-bond acceptors (Lipinski definition) is 6. The van der Waals surface area contributed by atoms with Crippen LogP contribution in [0.1, 0.15) is 43.5 Å². The fraction of sp³-hybridized carbons (Fsp3) is 0.346. The van der Waals surface area contributed by atoms with Gasteiger partial charge in [0.1, 0.15) is 0 Å². The summed E-state index contributed by atoms with van der Waals surface area (Å²) >= 11 is 0. The lowest BCUT2D eigenvalue weighted by molar-refractivity contribution is 0.102. The van der Waals surface area contributed by atoms with Crippen molar-refractivity contribution in [3.63, 3.8) is 0 Å². The number of sulfonamides is 1. The van der Waals surface area contributed by atoms with Crippen molar-refractivity contribution >= 4 is 27.3 Å². The number of anilines is 2. The summed E-state index contributed by atoms with van der Waals surface area (Å²) in [5.41, 5.74) is 2.45. The molecule has 3 aromatic rings. The molecule has 0 aliphatic carbocycles. The third kappa shape index (κ3) is 5.52. The van der Waals surface area contributed by atoms with Gasteiger partial charge in [-0.1, -0.05) is 44.2 Å². The molecule has 8 nitrogen and oxygen atoms in total. The second kappa shape index (κ2) is 11.0. The van der Waals surface area contributed by atoms with E-state index < -0.39 is 10.0 Å². The van der Waals surface area contributed by atoms with Gasteiger partial charge in [0, 0.05) is 44.1 Å². The van der Waals surface area contributed by atoms with Crippen LogP contribution < -0.4 is 10.2 Å². The SMILES string of the molecule is CCN(CC)S(=O)(=O)c1ccc(N2CCCCC2)c(NC(=O)c2cnc(-c3ccccc3)nc2)c1. The smallest absolute Gasteiger partial charge is 0.258 e. The summed E-state index contributed by atoms with van der Waals surface area (Å²) in [6.07, 6.45) is 6.25. The maximum atomic E-state index is 13.1. The van der Waals surface area contributed by atoms with E-state index >= 15 is 0 Å². The third-order valence-electron chi connectivity index (χ3n) is 6.20. The molecule has 1 aliphatic heterocycles. The summed E-state index contributed by atoms with van der Waals surface area (Å²) in [5, 5.41) is 2.93. The second-order valence-corrected chi connectivity index (χ2v) is 10.4. The Labute approximate surface area is 207 Å². The second-order valence-electron chi connectivity index (χ2n) is 8.43. The first kappa shape index (κ1) is 24.8. The Bertz CT molecular complexity index is 1250. The average molecular weight is 494 g/mol. The summed E-state index contributed by atoms with van der Waals surface area (Å²) in [5.74, 6) is 0.142. The van der Waals surface area contributed by atoms with Crippen LogP contribution in [0.5, 0.6) is 0 Å². The van der Waals surface area contributed by atoms with Gasteiger partial charge in [-0.15, -0.1) is 0 Å². The van der Waals surface area contributed by atoms with Crippen LogP contribution in [0.3, 0.4) is 0 Å². The Hall–Kier alpha value is -3.30. The molecule has 1 aliphatic rings. The van der Waals surface area contributed by atoms with Crippen molar-refractivity contribution in [2.45, 2.75) is 38.0 Å². The van der Waals surface area contributed by atoms with Crippen LogP contribution in [-0.4, -0.2) is 54.8 Å². The molecule has 35 heavy (non-hydrogen) atoms. The van der Waals surface area contributed by atoms with Gasteiger partial charge in [-0.3, -0.25) is 4.79 Å². The van der Waals surface area contributed by atoms with E-state index in [-0.39, 0.29) is 10.8 Å². The molecule has 1 N–H and O–H groups in total. The van der Waals surface area contributed by atoms with Gasteiger partial charge in [-0.25, -0.2) is 18.4 Å². The molecule has 2 heterocycles. The predicted octanol–water partition coefficient (Wildman–Crippen LogP) is 4.42. The molecule has 0 radical (unpaired) electrons. The van der Waals surface area contributed by atoms with Crippen LogP contribution in [0.4, 0.5) is 11.4 Å². The zero-order valence-corrected chi connectivity index (χ0v) is 21.0. The molecule has 184 valence electrons. The quantitative estimate of drug-likeness (QED) is 0.499. The van der Waals surface area contributed by atoms with Crippen LogP contribution >= 0.6 is 0 Å². The summed E-state index contributed by atoms with van der Waals surface area (Å²) in [6.45, 7) is 6.09. The zero-order valence-electron chi connectivity index (χ0n) is 20.1. The molecule has 9 heteroatoms. The van der Waals surface area contributed by atoms with Gasteiger partial charge < -0.3 is 10.2 Å². The van der Waals surface area contributed by atoms with Gasteiger partial charge >= 0.3 is 0 Å². The number of rotatable bonds is 8. The Morgan fingerprint density at radius 2 is 1.63 bits per heavy atom. The first-order valence-corrected chi connectivity index (χ1v) is 13.5. The fourth-order valence-corrected chi connectivity index (χ4v) is 5.76. The summed E-state index contributed by atoms with van der Waals surface area (Å²) < 4.78 is 27.7. The van der Waals surface area contributed by atoms with E-state index in [4.69, 9.17) is 0 Å². The Morgan fingerprint density at radius 1 is 0.971 bits per heavy atom. The lowest BCUT2D eigenvalue weighted by Gasteiger charge is -2.31. The Balaban J connectivity index is 1.65. The molecule has 0 bridgehead atoms. The number of carbonyl (C=O) groups is 1. The maximum Gasteiger partial charge on any atom is 0.258 e. The van der Waals surface area contributed by atoms with Crippen LogP contribution in [0.15, 0.2) is 65.8 Å². The minimum absolute atomic E-state index is 0.160. The Kier molecular flexibility index (Phi) is 7.77. The molecule has 2 aromatic carbocycles. The molecule has 0 spiro atoms. The van der Waals surface area contributed by atoms with Crippen molar-refractivity contribution in [2.75, 3.05) is 36.4 Å². The summed E-state index contributed by atoms with van der Waals surface area (Å²) in [7, 11) is -3.67. The lowest BCUT2D eigenvalue weighted by atomic mass is 10.1. The number of nitrogens with one attached hydrogen (secondary N) is 1. The molecule has 1 aromatic heterocycles. The van der Waals surface area contributed by atoms with Gasteiger partial charge in [0.2, 0.25) is 10.0 Å². The number of amides is 1. The van der Waals surface area contributed by atoms with Crippen LogP contribution in [0.2, 0.25) is 0 Å². The topological polar surface area (TPSA) is 95.5 Å². The average Bonchev–Trinajstić information content (AvgIpc) is 2.90. The van der Waals surface area contributed by atoms with Gasteiger partial charge in [0.15, 0.2) is 5.82 Å². The highest BCUT2D eigenvalue weighted by molar-refractivity contribution is 7.89. The minimum atomic E-state index is -3.67. The van der Waals surface area contributed by atoms with E-state index in [1.807, 2.05) is 44.2 Å². The fourth-order valence-electron chi connectivity index (χ4n) is 4.27. The van der Waals surface area contributed by atoms with Crippen molar-refractivity contribution in [1.82, 2.24) is 14.3 Å². The van der Waals surface area contributed by atoms with Crippen molar-refractivity contribution in [1.29, 1.82) is 0 Å². The number of nitrogens with zero attached hydrogens (tertiary/aromatic N) is 4. The van der Waals surface area contributed by atoms with E-state index in [1.165, 1.54) is 16.7 Å². The van der Waals surface area contributed by atoms with Gasteiger partial charge in [0.25, 0.3) is 5.91 Å². The molecule has 1 saturated heterocycles. The minimum Gasteiger partial charge on any atom is -0.370 e. The number of benzene rings is 2.